The predicted octanol–water partition coefficient (Wildman–Crippen LogP) is 3.20. The van der Waals surface area contributed by atoms with Gasteiger partial charge >= 0.3 is 0 Å². The molecule has 5 unspecified atom stereocenters. The fraction of sp³-hybridized carbons (Fsp3) is 0.812. The molecule has 2 heteroatoms. The molecule has 18 heavy (non-hydrogen) atoms. The Balaban J connectivity index is 2.50. The summed E-state index contributed by atoms with van der Waals surface area (Å²) < 4.78 is 0. The van der Waals surface area contributed by atoms with Crippen LogP contribution in [0.3, 0.4) is 0 Å². The maximum atomic E-state index is 11.3. The van der Waals surface area contributed by atoms with Crippen molar-refractivity contribution in [3.8, 4) is 0 Å². The molecule has 0 aromatic heterocycles. The monoisotopic (exact) mass is 250 g/mol. The molecule has 2 nitrogen and oxygen atoms in total. The number of allylic oxidation sites excluding steroid dienone is 1. The average Bonchev–Trinajstić information content (AvgIpc) is 2.42. The molecule has 0 aromatic carbocycles. The summed E-state index contributed by atoms with van der Waals surface area (Å²) >= 11 is 0. The van der Waals surface area contributed by atoms with Gasteiger partial charge in [-0.1, -0.05) is 26.8 Å². The largest absolute Gasteiger partial charge is 0.390 e. The second-order valence-electron chi connectivity index (χ2n) is 7.43. The summed E-state index contributed by atoms with van der Waals surface area (Å²) in [7, 11) is 0. The van der Waals surface area contributed by atoms with E-state index in [-0.39, 0.29) is 16.7 Å². The smallest absolute Gasteiger partial charge is 0.123 e. The van der Waals surface area contributed by atoms with Crippen LogP contribution in [0.15, 0.2) is 12.7 Å². The van der Waals surface area contributed by atoms with Crippen molar-refractivity contribution in [3.63, 3.8) is 0 Å². The van der Waals surface area contributed by atoms with Gasteiger partial charge in [0.2, 0.25) is 0 Å². The molecule has 0 aliphatic heterocycles. The van der Waals surface area contributed by atoms with Gasteiger partial charge in [-0.05, 0) is 48.9 Å². The van der Waals surface area contributed by atoms with E-state index >= 15 is 0 Å². The van der Waals surface area contributed by atoms with E-state index in [0.717, 1.165) is 25.5 Å². The van der Waals surface area contributed by atoms with Crippen molar-refractivity contribution in [1.29, 1.82) is 0 Å². The summed E-state index contributed by atoms with van der Waals surface area (Å²) in [5.41, 5.74) is -0.582. The lowest BCUT2D eigenvalue weighted by Crippen LogP contribution is -2.43. The second-order valence-corrected chi connectivity index (χ2v) is 7.43. The van der Waals surface area contributed by atoms with Gasteiger partial charge in [-0.25, -0.2) is 0 Å². The first kappa shape index (κ1) is 13.8. The minimum Gasteiger partial charge on any atom is -0.390 e. The first-order valence-electron chi connectivity index (χ1n) is 7.01. The molecule has 0 spiro atoms. The molecule has 0 aromatic rings. The van der Waals surface area contributed by atoms with Gasteiger partial charge in [0.15, 0.2) is 0 Å². The Morgan fingerprint density at radius 3 is 2.44 bits per heavy atom. The standard InChI is InChI=1S/C16H26O2/c1-6-16-9-14(4,8-15(5,18)10-16)12(3)13(16)11(2)7-17/h6-7,11-13,18H,1,8-10H2,2-5H3/t11-,12?,13?,14?,15?,16?/m1/s1. The molecular weight excluding hydrogens is 224 g/mol. The first-order valence-corrected chi connectivity index (χ1v) is 7.01. The molecule has 2 saturated carbocycles. The van der Waals surface area contributed by atoms with Crippen LogP contribution < -0.4 is 0 Å². The third kappa shape index (κ3) is 1.77. The maximum absolute atomic E-state index is 11.3. The van der Waals surface area contributed by atoms with Crippen LogP contribution in [0.25, 0.3) is 0 Å². The van der Waals surface area contributed by atoms with Crippen LogP contribution in [0, 0.1) is 28.6 Å². The molecule has 102 valence electrons. The van der Waals surface area contributed by atoms with E-state index in [0.29, 0.717) is 11.8 Å². The molecule has 2 aliphatic rings. The highest BCUT2D eigenvalue weighted by Crippen LogP contribution is 2.68. The highest BCUT2D eigenvalue weighted by Gasteiger charge is 2.63. The van der Waals surface area contributed by atoms with Crippen molar-refractivity contribution in [2.24, 2.45) is 28.6 Å². The van der Waals surface area contributed by atoms with Crippen LogP contribution in [0.4, 0.5) is 0 Å². The average molecular weight is 250 g/mol. The molecule has 0 saturated heterocycles. The molecule has 1 N–H and O–H groups in total. The number of fused-ring (bicyclic) bond motifs is 2. The summed E-state index contributed by atoms with van der Waals surface area (Å²) in [5.74, 6) is 0.796. The van der Waals surface area contributed by atoms with Crippen molar-refractivity contribution in [2.75, 3.05) is 0 Å². The number of aldehydes is 1. The number of carbonyl (C=O) groups is 1. The second kappa shape index (κ2) is 3.93. The Kier molecular flexibility index (Phi) is 3.01. The van der Waals surface area contributed by atoms with Gasteiger partial charge in [0.1, 0.15) is 6.29 Å². The van der Waals surface area contributed by atoms with E-state index in [1.807, 2.05) is 19.9 Å². The van der Waals surface area contributed by atoms with Gasteiger partial charge in [0.25, 0.3) is 0 Å². The molecule has 0 amide bonds. The first-order chi connectivity index (χ1) is 8.20. The molecule has 2 bridgehead atoms. The zero-order valence-corrected chi connectivity index (χ0v) is 12.1. The summed E-state index contributed by atoms with van der Waals surface area (Å²) in [5, 5.41) is 10.6. The fourth-order valence-electron chi connectivity index (χ4n) is 5.35. The number of aliphatic hydroxyl groups is 1. The third-order valence-electron chi connectivity index (χ3n) is 5.72. The Hall–Kier alpha value is -0.630. The van der Waals surface area contributed by atoms with Gasteiger partial charge < -0.3 is 9.90 Å². The van der Waals surface area contributed by atoms with Crippen LogP contribution in [0.2, 0.25) is 0 Å². The Labute approximate surface area is 110 Å². The number of hydrogen-bond donors (Lipinski definition) is 1. The van der Waals surface area contributed by atoms with E-state index in [2.05, 4.69) is 20.4 Å². The molecule has 6 atom stereocenters. The van der Waals surface area contributed by atoms with Crippen LogP contribution >= 0.6 is 0 Å². The summed E-state index contributed by atoms with van der Waals surface area (Å²) in [6.45, 7) is 12.5. The van der Waals surface area contributed by atoms with Crippen LogP contribution in [0.5, 0.6) is 0 Å². The van der Waals surface area contributed by atoms with Gasteiger partial charge in [-0.3, -0.25) is 0 Å². The van der Waals surface area contributed by atoms with Gasteiger partial charge in [-0.2, -0.15) is 0 Å². The van der Waals surface area contributed by atoms with E-state index < -0.39 is 5.60 Å². The van der Waals surface area contributed by atoms with Crippen LogP contribution in [-0.2, 0) is 4.79 Å². The quantitative estimate of drug-likeness (QED) is 0.617. The third-order valence-corrected chi connectivity index (χ3v) is 5.72. The Bertz CT molecular complexity index is 369. The van der Waals surface area contributed by atoms with Crippen LogP contribution in [-0.4, -0.2) is 17.0 Å². The molecule has 2 aliphatic carbocycles. The molecule has 2 fully saturated rings. The van der Waals surface area contributed by atoms with Crippen molar-refractivity contribution in [2.45, 2.75) is 52.6 Å². The van der Waals surface area contributed by atoms with Crippen molar-refractivity contribution >= 4 is 6.29 Å². The minimum atomic E-state index is -0.632. The maximum Gasteiger partial charge on any atom is 0.123 e. The normalized spacial score (nSPS) is 52.9. The molecular formula is C16H26O2. The molecule has 0 heterocycles. The molecule has 0 radical (unpaired) electrons. The minimum absolute atomic E-state index is 0.0359. The van der Waals surface area contributed by atoms with E-state index in [1.54, 1.807) is 0 Å². The number of hydrogen-bond acceptors (Lipinski definition) is 2. The fourth-order valence-corrected chi connectivity index (χ4v) is 5.35. The van der Waals surface area contributed by atoms with Gasteiger partial charge in [0.05, 0.1) is 5.60 Å². The Morgan fingerprint density at radius 1 is 1.33 bits per heavy atom. The van der Waals surface area contributed by atoms with E-state index in [1.165, 1.54) is 0 Å². The Morgan fingerprint density at radius 2 is 1.94 bits per heavy atom. The zero-order valence-electron chi connectivity index (χ0n) is 12.1. The molecule has 2 rings (SSSR count). The SMILES string of the molecule is C=CC12CC(C)(O)CC(C)(C1)C(C)C2[C@H](C)C=O. The summed E-state index contributed by atoms with van der Waals surface area (Å²) in [4.78, 5) is 11.3. The van der Waals surface area contributed by atoms with Gasteiger partial charge in [-0.15, -0.1) is 6.58 Å². The lowest BCUT2D eigenvalue weighted by Gasteiger charge is -2.46. The highest BCUT2D eigenvalue weighted by atomic mass is 16.3. The van der Waals surface area contributed by atoms with Gasteiger partial charge in [0, 0.05) is 5.92 Å². The number of carbonyl (C=O) groups excluding carboxylic acids is 1. The topological polar surface area (TPSA) is 37.3 Å². The van der Waals surface area contributed by atoms with Crippen molar-refractivity contribution in [1.82, 2.24) is 0 Å². The van der Waals surface area contributed by atoms with Crippen molar-refractivity contribution in [3.05, 3.63) is 12.7 Å². The van der Waals surface area contributed by atoms with E-state index in [9.17, 15) is 9.90 Å². The zero-order chi connectivity index (χ0) is 13.8. The van der Waals surface area contributed by atoms with Crippen molar-refractivity contribution < 1.29 is 9.90 Å². The highest BCUT2D eigenvalue weighted by molar-refractivity contribution is 5.54. The number of rotatable bonds is 3. The predicted molar refractivity (Wildman–Crippen MR) is 73.1 cm³/mol. The summed E-state index contributed by atoms with van der Waals surface area (Å²) in [6.07, 6.45) is 5.73. The lowest BCUT2D eigenvalue weighted by molar-refractivity contribution is -0.114. The van der Waals surface area contributed by atoms with E-state index in [4.69, 9.17) is 0 Å². The lowest BCUT2D eigenvalue weighted by atomic mass is 9.61. The summed E-state index contributed by atoms with van der Waals surface area (Å²) in [6, 6.07) is 0. The van der Waals surface area contributed by atoms with Crippen LogP contribution in [0.1, 0.15) is 47.0 Å².